The molecule has 0 saturated carbocycles. The van der Waals surface area contributed by atoms with Crippen molar-refractivity contribution in [1.82, 2.24) is 24.4 Å². The fourth-order valence-corrected chi connectivity index (χ4v) is 5.15. The molecule has 1 amide bonds. The Morgan fingerprint density at radius 2 is 2.15 bits per heavy atom. The topological polar surface area (TPSA) is 115 Å². The second kappa shape index (κ2) is 7.84. The summed E-state index contributed by atoms with van der Waals surface area (Å²) >= 11 is 6.40. The van der Waals surface area contributed by atoms with Crippen LogP contribution in [0.1, 0.15) is 30.0 Å². The number of aromatic nitrogens is 4. The van der Waals surface area contributed by atoms with E-state index in [0.29, 0.717) is 36.3 Å². The fourth-order valence-electron chi connectivity index (χ4n) is 4.95. The Morgan fingerprint density at radius 1 is 1.32 bits per heavy atom. The highest BCUT2D eigenvalue weighted by atomic mass is 35.5. The molecule has 1 unspecified atom stereocenters. The lowest BCUT2D eigenvalue weighted by Gasteiger charge is -2.32. The maximum absolute atomic E-state index is 15.2. The summed E-state index contributed by atoms with van der Waals surface area (Å²) in [5.74, 6) is -0.385. The number of carbonyl (C=O) groups excluding carboxylic acids is 1. The zero-order chi connectivity index (χ0) is 23.7. The molecule has 12 heteroatoms. The summed E-state index contributed by atoms with van der Waals surface area (Å²) in [6.45, 7) is 2.87. The molecule has 6 rings (SSSR count). The molecule has 5 atom stereocenters. The SMILES string of the molecule is CC1CN(C)C(=O)c2nc3c(F)cc(-c4nc(N[C@@H]5C[C@H]6CO[C@H](O6)[C@H]5O)ncc4Cl)cc3n21. The molecule has 3 aliphatic heterocycles. The van der Waals surface area contributed by atoms with E-state index in [4.69, 9.17) is 21.1 Å². The van der Waals surface area contributed by atoms with Crippen molar-refractivity contribution in [3.63, 3.8) is 0 Å². The van der Waals surface area contributed by atoms with Crippen molar-refractivity contribution in [3.8, 4) is 11.3 Å². The third-order valence-electron chi connectivity index (χ3n) is 6.58. The first-order valence-corrected chi connectivity index (χ1v) is 11.4. The van der Waals surface area contributed by atoms with Crippen molar-refractivity contribution in [1.29, 1.82) is 0 Å². The normalized spacial score (nSPS) is 28.4. The smallest absolute Gasteiger partial charge is 0.289 e. The number of rotatable bonds is 3. The van der Waals surface area contributed by atoms with E-state index in [1.807, 2.05) is 6.92 Å². The number of likely N-dealkylation sites (N-methyl/N-ethyl adjacent to an activating group) is 1. The first-order valence-electron chi connectivity index (χ1n) is 11.0. The molecule has 0 aliphatic carbocycles. The number of nitrogens with zero attached hydrogens (tertiary/aromatic N) is 5. The predicted molar refractivity (Wildman–Crippen MR) is 120 cm³/mol. The lowest BCUT2D eigenvalue weighted by molar-refractivity contribution is -0.156. The molecule has 10 nitrogen and oxygen atoms in total. The number of hydrogen-bond acceptors (Lipinski definition) is 8. The highest BCUT2D eigenvalue weighted by molar-refractivity contribution is 6.33. The van der Waals surface area contributed by atoms with Crippen LogP contribution in [0.25, 0.3) is 22.3 Å². The molecule has 2 fully saturated rings. The number of ether oxygens (including phenoxy) is 2. The van der Waals surface area contributed by atoms with Crippen LogP contribution in [0.2, 0.25) is 5.02 Å². The van der Waals surface area contributed by atoms with Gasteiger partial charge in [0.1, 0.15) is 11.6 Å². The molecule has 1 aromatic carbocycles. The van der Waals surface area contributed by atoms with Gasteiger partial charge in [-0.25, -0.2) is 19.3 Å². The second-order valence-electron chi connectivity index (χ2n) is 8.99. The van der Waals surface area contributed by atoms with Gasteiger partial charge in [-0.05, 0) is 25.5 Å². The Kier molecular flexibility index (Phi) is 4.99. The zero-order valence-electron chi connectivity index (χ0n) is 18.4. The van der Waals surface area contributed by atoms with Gasteiger partial charge in [-0.1, -0.05) is 11.6 Å². The number of imidazole rings is 1. The number of carbonyl (C=O) groups is 1. The summed E-state index contributed by atoms with van der Waals surface area (Å²) in [7, 11) is 1.70. The van der Waals surface area contributed by atoms with Crippen LogP contribution >= 0.6 is 11.6 Å². The van der Waals surface area contributed by atoms with Crippen LogP contribution in [0.4, 0.5) is 10.3 Å². The number of aliphatic hydroxyl groups excluding tert-OH is 1. The van der Waals surface area contributed by atoms with Crippen LogP contribution in [0, 0.1) is 5.82 Å². The van der Waals surface area contributed by atoms with Gasteiger partial charge in [0, 0.05) is 19.2 Å². The Morgan fingerprint density at radius 3 is 2.97 bits per heavy atom. The molecule has 34 heavy (non-hydrogen) atoms. The number of anilines is 1. The van der Waals surface area contributed by atoms with Crippen LogP contribution in [-0.2, 0) is 9.47 Å². The standard InChI is InChI=1S/C22H22ClFN6O4/c1-9-7-29(2)20(32)19-27-17-13(24)3-10(4-15(17)30(9)19)16-12(23)6-25-22(28-16)26-14-5-11-8-33-21(34-11)18(14)31/h3-4,6,9,11,14,18,21,31H,5,7-8H2,1-2H3,(H,25,26,28)/t9?,11-,14+,18-,21+/m0/s1. The Balaban J connectivity index is 1.39. The van der Waals surface area contributed by atoms with Crippen molar-refractivity contribution >= 4 is 34.5 Å². The number of aliphatic hydroxyl groups is 1. The first kappa shape index (κ1) is 21.7. The molecule has 3 aliphatic rings. The molecule has 0 radical (unpaired) electrons. The van der Waals surface area contributed by atoms with E-state index >= 15 is 4.39 Å². The molecule has 2 aromatic heterocycles. The lowest BCUT2D eigenvalue weighted by atomic mass is 10.0. The van der Waals surface area contributed by atoms with E-state index in [0.717, 1.165) is 0 Å². The third kappa shape index (κ3) is 3.34. The van der Waals surface area contributed by atoms with Crippen LogP contribution in [0.3, 0.4) is 0 Å². The maximum atomic E-state index is 15.2. The summed E-state index contributed by atoms with van der Waals surface area (Å²) in [5, 5.41) is 13.9. The molecule has 5 heterocycles. The number of nitrogens with one attached hydrogen (secondary N) is 1. The average molecular weight is 489 g/mol. The minimum Gasteiger partial charge on any atom is -0.386 e. The molecule has 2 N–H and O–H groups in total. The molecular weight excluding hydrogens is 467 g/mol. The van der Waals surface area contributed by atoms with Gasteiger partial charge in [0.05, 0.1) is 47.2 Å². The van der Waals surface area contributed by atoms with Crippen LogP contribution in [0.15, 0.2) is 18.3 Å². The zero-order valence-corrected chi connectivity index (χ0v) is 19.2. The van der Waals surface area contributed by atoms with E-state index in [1.54, 1.807) is 22.6 Å². The average Bonchev–Trinajstić information content (AvgIpc) is 3.40. The van der Waals surface area contributed by atoms with Crippen molar-refractivity contribution in [3.05, 3.63) is 35.0 Å². The van der Waals surface area contributed by atoms with Crippen molar-refractivity contribution in [2.75, 3.05) is 25.5 Å². The summed E-state index contributed by atoms with van der Waals surface area (Å²) in [6, 6.07) is 2.59. The van der Waals surface area contributed by atoms with Gasteiger partial charge < -0.3 is 29.4 Å². The van der Waals surface area contributed by atoms with E-state index < -0.39 is 18.2 Å². The Hall–Kier alpha value is -2.86. The fraction of sp³-hybridized carbons (Fsp3) is 0.455. The number of benzene rings is 1. The van der Waals surface area contributed by atoms with Crippen LogP contribution in [0.5, 0.6) is 0 Å². The first-order chi connectivity index (χ1) is 16.3. The number of amides is 1. The number of halogens is 2. The Bertz CT molecular complexity index is 1320. The van der Waals surface area contributed by atoms with Gasteiger partial charge in [-0.3, -0.25) is 4.79 Å². The molecular formula is C22H22ClFN6O4. The lowest BCUT2D eigenvalue weighted by Crippen LogP contribution is -2.48. The molecule has 178 valence electrons. The second-order valence-corrected chi connectivity index (χ2v) is 9.40. The highest BCUT2D eigenvalue weighted by Gasteiger charge is 2.43. The molecule has 2 bridgehead atoms. The van der Waals surface area contributed by atoms with Gasteiger partial charge >= 0.3 is 0 Å². The molecule has 2 saturated heterocycles. The Labute approximate surface area is 198 Å². The van der Waals surface area contributed by atoms with E-state index in [-0.39, 0.29) is 46.4 Å². The quantitative estimate of drug-likeness (QED) is 0.577. The minimum atomic E-state index is -0.884. The summed E-state index contributed by atoms with van der Waals surface area (Å²) < 4.78 is 27.9. The third-order valence-corrected chi connectivity index (χ3v) is 6.86. The van der Waals surface area contributed by atoms with Gasteiger partial charge in [0.15, 0.2) is 12.1 Å². The van der Waals surface area contributed by atoms with Crippen molar-refractivity contribution < 1.29 is 23.8 Å². The minimum absolute atomic E-state index is 0.0805. The van der Waals surface area contributed by atoms with Crippen molar-refractivity contribution in [2.45, 2.75) is 43.9 Å². The van der Waals surface area contributed by atoms with Gasteiger partial charge in [-0.15, -0.1) is 0 Å². The monoisotopic (exact) mass is 488 g/mol. The summed E-state index contributed by atoms with van der Waals surface area (Å²) in [5.41, 5.74) is 1.37. The van der Waals surface area contributed by atoms with E-state index in [9.17, 15) is 9.90 Å². The van der Waals surface area contributed by atoms with Crippen LogP contribution in [-0.4, -0.2) is 80.2 Å². The maximum Gasteiger partial charge on any atom is 0.289 e. The van der Waals surface area contributed by atoms with Gasteiger partial charge in [0.2, 0.25) is 11.8 Å². The summed E-state index contributed by atoms with van der Waals surface area (Å²) in [6.07, 6.45) is 0.285. The highest BCUT2D eigenvalue weighted by Crippen LogP contribution is 2.35. The van der Waals surface area contributed by atoms with Gasteiger partial charge in [0.25, 0.3) is 5.91 Å². The predicted octanol–water partition coefficient (Wildman–Crippen LogP) is 2.22. The molecule has 0 spiro atoms. The summed E-state index contributed by atoms with van der Waals surface area (Å²) in [4.78, 5) is 27.2. The number of hydrogen-bond donors (Lipinski definition) is 2. The number of fused-ring (bicyclic) bond motifs is 5. The largest absolute Gasteiger partial charge is 0.386 e. The van der Waals surface area contributed by atoms with Crippen LogP contribution < -0.4 is 5.32 Å². The molecule has 3 aromatic rings. The van der Waals surface area contributed by atoms with Gasteiger partial charge in [-0.2, -0.15) is 0 Å². The van der Waals surface area contributed by atoms with E-state index in [1.165, 1.54) is 12.3 Å². The van der Waals surface area contributed by atoms with E-state index in [2.05, 4.69) is 20.3 Å². The van der Waals surface area contributed by atoms with Crippen molar-refractivity contribution in [2.24, 2.45) is 0 Å².